The number of hydrogen-bond acceptors (Lipinski definition) is 2. The van der Waals surface area contributed by atoms with E-state index < -0.39 is 15.8 Å². The van der Waals surface area contributed by atoms with Gasteiger partial charge in [-0.25, -0.2) is 17.5 Å². The molecule has 0 radical (unpaired) electrons. The summed E-state index contributed by atoms with van der Waals surface area (Å²) in [6.45, 7) is 3.94. The smallest absolute Gasteiger partial charge is 0.240 e. The van der Waals surface area contributed by atoms with Crippen molar-refractivity contribution in [2.75, 3.05) is 19.6 Å². The number of hydrogen-bond donors (Lipinski definition) is 2. The van der Waals surface area contributed by atoms with Crippen LogP contribution >= 0.6 is 0 Å². The molecule has 4 rings (SSSR count). The first-order chi connectivity index (χ1) is 14.0. The molecule has 3 aromatic rings. The zero-order valence-electron chi connectivity index (χ0n) is 16.5. The minimum atomic E-state index is -3.72. The molecule has 0 saturated carbocycles. The Kier molecular flexibility index (Phi) is 5.67. The Morgan fingerprint density at radius 3 is 2.52 bits per heavy atom. The third kappa shape index (κ3) is 4.20. The highest BCUT2D eigenvalue weighted by Gasteiger charge is 2.30. The summed E-state index contributed by atoms with van der Waals surface area (Å²) >= 11 is 0. The van der Waals surface area contributed by atoms with Gasteiger partial charge in [-0.15, -0.1) is 0 Å². The average Bonchev–Trinajstić information content (AvgIpc) is 3.25. The maximum atomic E-state index is 13.6. The summed E-state index contributed by atoms with van der Waals surface area (Å²) in [5.74, 6) is -0.404. The molecule has 3 aromatic carbocycles. The largest absolute Gasteiger partial charge is 0.328 e. The Morgan fingerprint density at radius 2 is 1.76 bits per heavy atom. The fourth-order valence-corrected chi connectivity index (χ4v) is 5.40. The van der Waals surface area contributed by atoms with Crippen molar-refractivity contribution in [3.63, 3.8) is 0 Å². The second kappa shape index (κ2) is 8.22. The van der Waals surface area contributed by atoms with Gasteiger partial charge >= 0.3 is 0 Å². The van der Waals surface area contributed by atoms with Gasteiger partial charge in [-0.1, -0.05) is 42.5 Å². The van der Waals surface area contributed by atoms with Crippen LogP contribution in [-0.4, -0.2) is 28.1 Å². The molecule has 6 heteroatoms. The second-order valence-electron chi connectivity index (χ2n) is 7.75. The molecule has 1 heterocycles. The normalized spacial score (nSPS) is 16.3. The fraction of sp³-hybridized carbons (Fsp3) is 0.304. The monoisotopic (exact) mass is 413 g/mol. The zero-order chi connectivity index (χ0) is 20.4. The van der Waals surface area contributed by atoms with Gasteiger partial charge in [0.1, 0.15) is 11.9 Å². The van der Waals surface area contributed by atoms with E-state index in [0.717, 1.165) is 42.3 Å². The standard InChI is InChI=1S/C23H25FN2O2S/c1-17-15-19(11-12-22(17)24)29(27,28)25-16-23(26-13-4-5-14-26)21-10-6-8-18-7-2-3-9-20(18)21/h2-3,6-12,15,23,25H,4-5,13-14,16H2,1H3/p+1/t23-/m1/s1. The van der Waals surface area contributed by atoms with E-state index in [1.165, 1.54) is 23.1 Å². The van der Waals surface area contributed by atoms with Gasteiger partial charge in [0.25, 0.3) is 0 Å². The van der Waals surface area contributed by atoms with Gasteiger partial charge in [-0.3, -0.25) is 0 Å². The molecule has 1 saturated heterocycles. The number of aryl methyl sites for hydroxylation is 1. The van der Waals surface area contributed by atoms with Crippen molar-refractivity contribution < 1.29 is 17.7 Å². The molecule has 0 unspecified atom stereocenters. The zero-order valence-corrected chi connectivity index (χ0v) is 17.3. The summed E-state index contributed by atoms with van der Waals surface area (Å²) in [6, 6.07) is 18.4. The summed E-state index contributed by atoms with van der Waals surface area (Å²) in [5.41, 5.74) is 1.49. The topological polar surface area (TPSA) is 50.6 Å². The van der Waals surface area contributed by atoms with Crippen LogP contribution in [0.15, 0.2) is 65.6 Å². The van der Waals surface area contributed by atoms with Crippen molar-refractivity contribution in [3.05, 3.63) is 77.6 Å². The molecule has 1 atom stereocenters. The van der Waals surface area contributed by atoms with Crippen LogP contribution in [-0.2, 0) is 10.0 Å². The van der Waals surface area contributed by atoms with E-state index in [0.29, 0.717) is 12.1 Å². The van der Waals surface area contributed by atoms with Gasteiger partial charge in [-0.05, 0) is 41.5 Å². The lowest BCUT2D eigenvalue weighted by Crippen LogP contribution is -3.11. The summed E-state index contributed by atoms with van der Waals surface area (Å²) in [5, 5.41) is 2.32. The van der Waals surface area contributed by atoms with Crippen molar-refractivity contribution in [2.24, 2.45) is 0 Å². The van der Waals surface area contributed by atoms with E-state index in [4.69, 9.17) is 0 Å². The highest BCUT2D eigenvalue weighted by Crippen LogP contribution is 2.24. The van der Waals surface area contributed by atoms with E-state index in [9.17, 15) is 12.8 Å². The van der Waals surface area contributed by atoms with Gasteiger partial charge in [0.15, 0.2) is 0 Å². The van der Waals surface area contributed by atoms with Crippen LogP contribution in [0.3, 0.4) is 0 Å². The predicted octanol–water partition coefficient (Wildman–Crippen LogP) is 2.99. The van der Waals surface area contributed by atoms with E-state index in [2.05, 4.69) is 29.0 Å². The van der Waals surface area contributed by atoms with E-state index in [1.54, 1.807) is 6.92 Å². The average molecular weight is 414 g/mol. The second-order valence-corrected chi connectivity index (χ2v) is 9.52. The van der Waals surface area contributed by atoms with Crippen LogP contribution in [0.2, 0.25) is 0 Å². The molecule has 0 aromatic heterocycles. The molecule has 4 nitrogen and oxygen atoms in total. The van der Waals surface area contributed by atoms with E-state index in [1.807, 2.05) is 18.2 Å². The Balaban J connectivity index is 1.65. The predicted molar refractivity (Wildman–Crippen MR) is 113 cm³/mol. The van der Waals surface area contributed by atoms with E-state index >= 15 is 0 Å². The first-order valence-electron chi connectivity index (χ1n) is 10.0. The quantitative estimate of drug-likeness (QED) is 0.653. The lowest BCUT2D eigenvalue weighted by Gasteiger charge is -2.26. The van der Waals surface area contributed by atoms with Crippen LogP contribution in [0, 0.1) is 12.7 Å². The Hall–Kier alpha value is -2.28. The van der Waals surface area contributed by atoms with Gasteiger partial charge in [-0.2, -0.15) is 0 Å². The molecule has 29 heavy (non-hydrogen) atoms. The third-order valence-corrected chi connectivity index (χ3v) is 7.28. The SMILES string of the molecule is Cc1cc(S(=O)(=O)NC[C@H](c2cccc3ccccc23)[NH+]2CCCC2)ccc1F. The molecule has 1 aliphatic rings. The molecule has 1 fully saturated rings. The molecule has 2 N–H and O–H groups in total. The molecule has 0 aliphatic carbocycles. The minimum absolute atomic E-state index is 0.0277. The highest BCUT2D eigenvalue weighted by atomic mass is 32.2. The molecule has 0 amide bonds. The third-order valence-electron chi connectivity index (χ3n) is 5.85. The van der Waals surface area contributed by atoms with Gasteiger partial charge in [0.05, 0.1) is 24.5 Å². The minimum Gasteiger partial charge on any atom is -0.328 e. The van der Waals surface area contributed by atoms with Crippen LogP contribution < -0.4 is 9.62 Å². The highest BCUT2D eigenvalue weighted by molar-refractivity contribution is 7.89. The number of likely N-dealkylation sites (tertiary alicyclic amines) is 1. The maximum Gasteiger partial charge on any atom is 0.240 e. The Morgan fingerprint density at radius 1 is 1.03 bits per heavy atom. The van der Waals surface area contributed by atoms with E-state index in [-0.39, 0.29) is 10.9 Å². The number of quaternary nitrogens is 1. The molecular formula is C23H26FN2O2S+. The van der Waals surface area contributed by atoms with Crippen LogP contribution in [0.25, 0.3) is 10.8 Å². The van der Waals surface area contributed by atoms with Crippen molar-refractivity contribution in [1.29, 1.82) is 0 Å². The Labute approximate surface area is 171 Å². The number of fused-ring (bicyclic) bond motifs is 1. The number of nitrogens with one attached hydrogen (secondary N) is 2. The van der Waals surface area contributed by atoms with Gasteiger partial charge in [0, 0.05) is 18.4 Å². The van der Waals surface area contributed by atoms with Crippen molar-refractivity contribution >= 4 is 20.8 Å². The van der Waals surface area contributed by atoms with Crippen LogP contribution in [0.1, 0.15) is 30.0 Å². The number of halogens is 1. The lowest BCUT2D eigenvalue weighted by atomic mass is 9.98. The summed E-state index contributed by atoms with van der Waals surface area (Å²) in [4.78, 5) is 1.50. The summed E-state index contributed by atoms with van der Waals surface area (Å²) < 4.78 is 42.1. The Bertz CT molecular complexity index is 1120. The molecule has 152 valence electrons. The lowest BCUT2D eigenvalue weighted by molar-refractivity contribution is -0.918. The fourth-order valence-electron chi connectivity index (χ4n) is 4.27. The van der Waals surface area contributed by atoms with Gasteiger partial charge < -0.3 is 4.90 Å². The van der Waals surface area contributed by atoms with Crippen LogP contribution in [0.4, 0.5) is 4.39 Å². The number of sulfonamides is 1. The summed E-state index contributed by atoms with van der Waals surface area (Å²) in [7, 11) is -3.72. The van der Waals surface area contributed by atoms with Crippen molar-refractivity contribution in [3.8, 4) is 0 Å². The molecule has 0 bridgehead atoms. The first kappa shape index (κ1) is 20.0. The molecular weight excluding hydrogens is 387 g/mol. The molecule has 0 spiro atoms. The number of rotatable bonds is 6. The first-order valence-corrected chi connectivity index (χ1v) is 11.5. The molecule has 1 aliphatic heterocycles. The van der Waals surface area contributed by atoms with Crippen molar-refractivity contribution in [1.82, 2.24) is 4.72 Å². The summed E-state index contributed by atoms with van der Waals surface area (Å²) in [6.07, 6.45) is 2.31. The van der Waals surface area contributed by atoms with Crippen LogP contribution in [0.5, 0.6) is 0 Å². The maximum absolute atomic E-state index is 13.6. The number of benzene rings is 3. The van der Waals surface area contributed by atoms with Crippen molar-refractivity contribution in [2.45, 2.75) is 30.7 Å². The van der Waals surface area contributed by atoms with Gasteiger partial charge in [0.2, 0.25) is 10.0 Å².